The lowest BCUT2D eigenvalue weighted by molar-refractivity contribution is -0.0196. The van der Waals surface area contributed by atoms with E-state index in [0.29, 0.717) is 25.2 Å². The molecule has 1 atom stereocenters. The first kappa shape index (κ1) is 26.1. The Hall–Kier alpha value is -3.11. The van der Waals surface area contributed by atoms with Gasteiger partial charge in [-0.2, -0.15) is 0 Å². The highest BCUT2D eigenvalue weighted by atomic mass is 16.6. The van der Waals surface area contributed by atoms with Crippen LogP contribution in [0.3, 0.4) is 0 Å². The molecular formula is C29H40N6O4. The first-order chi connectivity index (χ1) is 18.7. The molecule has 4 aliphatic rings. The molecule has 4 aliphatic heterocycles. The van der Waals surface area contributed by atoms with E-state index in [4.69, 9.17) is 14.2 Å². The van der Waals surface area contributed by atoms with E-state index in [2.05, 4.69) is 50.2 Å². The summed E-state index contributed by atoms with van der Waals surface area (Å²) < 4.78 is 17.5. The highest BCUT2D eigenvalue weighted by Crippen LogP contribution is 2.43. The summed E-state index contributed by atoms with van der Waals surface area (Å²) in [7, 11) is 0. The number of anilines is 3. The fourth-order valence-corrected chi connectivity index (χ4v) is 6.03. The molecule has 1 aromatic carbocycles. The lowest BCUT2D eigenvalue weighted by atomic mass is 9.88. The van der Waals surface area contributed by atoms with E-state index in [9.17, 15) is 4.79 Å². The quantitative estimate of drug-likeness (QED) is 0.616. The third kappa shape index (κ3) is 5.49. The maximum atomic E-state index is 12.3. The summed E-state index contributed by atoms with van der Waals surface area (Å²) in [5.74, 6) is 3.06. The number of nitrogens with one attached hydrogen (secondary N) is 1. The van der Waals surface area contributed by atoms with Crippen LogP contribution in [0.15, 0.2) is 24.5 Å². The van der Waals surface area contributed by atoms with Crippen molar-refractivity contribution in [3.05, 3.63) is 35.7 Å². The number of piperidine rings is 1. The van der Waals surface area contributed by atoms with Gasteiger partial charge in [0.05, 0.1) is 24.5 Å². The number of aromatic nitrogens is 2. The van der Waals surface area contributed by atoms with E-state index in [1.165, 1.54) is 5.56 Å². The molecule has 0 aliphatic carbocycles. The van der Waals surface area contributed by atoms with Crippen molar-refractivity contribution in [3.8, 4) is 5.75 Å². The summed E-state index contributed by atoms with van der Waals surface area (Å²) in [6.07, 6.45) is 3.45. The molecule has 10 heteroatoms. The molecule has 1 amide bonds. The van der Waals surface area contributed by atoms with Crippen molar-refractivity contribution in [1.82, 2.24) is 19.8 Å². The second-order valence-electron chi connectivity index (χ2n) is 12.0. The number of morpholine rings is 1. The number of carbonyl (C=O) groups is 1. The maximum absolute atomic E-state index is 12.3. The van der Waals surface area contributed by atoms with Crippen LogP contribution in [0.5, 0.6) is 5.75 Å². The zero-order chi connectivity index (χ0) is 27.1. The van der Waals surface area contributed by atoms with Crippen LogP contribution in [0, 0.1) is 0 Å². The third-order valence-corrected chi connectivity index (χ3v) is 8.17. The van der Waals surface area contributed by atoms with Crippen molar-refractivity contribution in [2.45, 2.75) is 64.2 Å². The van der Waals surface area contributed by atoms with E-state index < -0.39 is 5.60 Å². The van der Waals surface area contributed by atoms with E-state index in [-0.39, 0.29) is 12.2 Å². The lowest BCUT2D eigenvalue weighted by Gasteiger charge is -2.47. The highest BCUT2D eigenvalue weighted by Gasteiger charge is 2.38. The number of rotatable bonds is 3. The molecule has 39 heavy (non-hydrogen) atoms. The van der Waals surface area contributed by atoms with Crippen LogP contribution < -0.4 is 15.0 Å². The molecule has 1 aromatic heterocycles. The molecule has 1 N–H and O–H groups in total. The minimum atomic E-state index is -0.452. The first-order valence-corrected chi connectivity index (χ1v) is 14.2. The fourth-order valence-electron chi connectivity index (χ4n) is 6.03. The highest BCUT2D eigenvalue weighted by molar-refractivity contribution is 5.73. The van der Waals surface area contributed by atoms with Gasteiger partial charge in [-0.1, -0.05) is 6.07 Å². The number of likely N-dealkylation sites (tertiary alicyclic amines) is 2. The molecule has 0 saturated carbocycles. The van der Waals surface area contributed by atoms with Gasteiger partial charge < -0.3 is 29.3 Å². The standard InChI is InChI=1S/C29H40N6O4/c1-19-25-26(30-18-31-27(25)34-11-13-37-14-12-34)32-23-15-21(5-6-24(23)38-19)20-7-9-33(10-8-20)22-16-35(17-22)28(36)39-29(2,3)4/h5-6,15,18-20,22H,7-14,16-17H2,1-4H3,(H,30,31,32). The van der Waals surface area contributed by atoms with Crippen LogP contribution in [0.2, 0.25) is 0 Å². The number of amides is 1. The zero-order valence-corrected chi connectivity index (χ0v) is 23.5. The van der Waals surface area contributed by atoms with Gasteiger partial charge in [-0.3, -0.25) is 4.90 Å². The summed E-state index contributed by atoms with van der Waals surface area (Å²) in [4.78, 5) is 28.1. The second-order valence-corrected chi connectivity index (χ2v) is 12.0. The molecule has 0 bridgehead atoms. The zero-order valence-electron chi connectivity index (χ0n) is 23.5. The predicted molar refractivity (Wildman–Crippen MR) is 149 cm³/mol. The molecule has 6 rings (SSSR count). The summed E-state index contributed by atoms with van der Waals surface area (Å²) >= 11 is 0. The van der Waals surface area contributed by atoms with Gasteiger partial charge in [0.15, 0.2) is 0 Å². The predicted octanol–water partition coefficient (Wildman–Crippen LogP) is 4.31. The lowest BCUT2D eigenvalue weighted by Crippen LogP contribution is -2.62. The Morgan fingerprint density at radius 3 is 2.54 bits per heavy atom. The van der Waals surface area contributed by atoms with Crippen molar-refractivity contribution < 1.29 is 19.0 Å². The molecule has 3 saturated heterocycles. The molecule has 2 aromatic rings. The monoisotopic (exact) mass is 536 g/mol. The molecule has 210 valence electrons. The van der Waals surface area contributed by atoms with Crippen LogP contribution in [0.1, 0.15) is 63.7 Å². The molecule has 0 radical (unpaired) electrons. The maximum Gasteiger partial charge on any atom is 0.410 e. The number of nitrogens with zero attached hydrogens (tertiary/aromatic N) is 5. The Bertz CT molecular complexity index is 1200. The van der Waals surface area contributed by atoms with Gasteiger partial charge in [-0.05, 0) is 77.2 Å². The van der Waals surface area contributed by atoms with Gasteiger partial charge in [0.1, 0.15) is 35.4 Å². The van der Waals surface area contributed by atoms with E-state index >= 15 is 0 Å². The number of hydrogen-bond donors (Lipinski definition) is 1. The van der Waals surface area contributed by atoms with Crippen molar-refractivity contribution in [2.75, 3.05) is 62.7 Å². The smallest absolute Gasteiger partial charge is 0.410 e. The summed E-state index contributed by atoms with van der Waals surface area (Å²) in [5.41, 5.74) is 2.82. The Labute approximate surface area is 230 Å². The van der Waals surface area contributed by atoms with Crippen LogP contribution >= 0.6 is 0 Å². The van der Waals surface area contributed by atoms with Crippen LogP contribution in [-0.2, 0) is 9.47 Å². The first-order valence-electron chi connectivity index (χ1n) is 14.2. The van der Waals surface area contributed by atoms with Crippen molar-refractivity contribution in [2.24, 2.45) is 0 Å². The molecule has 0 spiro atoms. The van der Waals surface area contributed by atoms with E-state index in [1.807, 2.05) is 25.7 Å². The van der Waals surface area contributed by atoms with Gasteiger partial charge in [0.25, 0.3) is 0 Å². The van der Waals surface area contributed by atoms with E-state index in [0.717, 1.165) is 80.7 Å². The summed E-state index contributed by atoms with van der Waals surface area (Å²) in [5, 5.41) is 3.58. The van der Waals surface area contributed by atoms with Crippen molar-refractivity contribution >= 4 is 23.4 Å². The summed E-state index contributed by atoms with van der Waals surface area (Å²) in [6.45, 7) is 14.4. The Kier molecular flexibility index (Phi) is 7.01. The average Bonchev–Trinajstić information content (AvgIpc) is 3.03. The van der Waals surface area contributed by atoms with Crippen LogP contribution in [0.25, 0.3) is 0 Å². The molecule has 3 fully saturated rings. The van der Waals surface area contributed by atoms with Crippen LogP contribution in [0.4, 0.5) is 22.1 Å². The minimum Gasteiger partial charge on any atom is -0.484 e. The van der Waals surface area contributed by atoms with Crippen molar-refractivity contribution in [3.63, 3.8) is 0 Å². The number of fused-ring (bicyclic) bond motifs is 2. The van der Waals surface area contributed by atoms with Gasteiger partial charge in [-0.15, -0.1) is 0 Å². The molecule has 5 heterocycles. The largest absolute Gasteiger partial charge is 0.484 e. The number of hydrogen-bond acceptors (Lipinski definition) is 9. The summed E-state index contributed by atoms with van der Waals surface area (Å²) in [6, 6.07) is 6.98. The Morgan fingerprint density at radius 1 is 1.08 bits per heavy atom. The SMILES string of the molecule is CC1Oc2ccc(C3CCN(C4CN(C(=O)OC(C)(C)C)C4)CC3)cc2Nc2ncnc(N3CCOCC3)c21. The normalized spacial score (nSPS) is 22.6. The Morgan fingerprint density at radius 2 is 1.82 bits per heavy atom. The van der Waals surface area contributed by atoms with Crippen LogP contribution in [-0.4, -0.2) is 90.0 Å². The average molecular weight is 537 g/mol. The molecule has 10 nitrogen and oxygen atoms in total. The van der Waals surface area contributed by atoms with Gasteiger partial charge >= 0.3 is 6.09 Å². The fraction of sp³-hybridized carbons (Fsp3) is 0.621. The van der Waals surface area contributed by atoms with Gasteiger partial charge in [-0.25, -0.2) is 14.8 Å². The third-order valence-electron chi connectivity index (χ3n) is 8.17. The van der Waals surface area contributed by atoms with E-state index in [1.54, 1.807) is 6.33 Å². The minimum absolute atomic E-state index is 0.176. The molecular weight excluding hydrogens is 496 g/mol. The van der Waals surface area contributed by atoms with Gasteiger partial charge in [0, 0.05) is 32.2 Å². The topological polar surface area (TPSA) is 92.3 Å². The van der Waals surface area contributed by atoms with Gasteiger partial charge in [0.2, 0.25) is 0 Å². The van der Waals surface area contributed by atoms with Crippen molar-refractivity contribution in [1.29, 1.82) is 0 Å². The number of ether oxygens (including phenoxy) is 3. The Balaban J connectivity index is 1.10. The number of carbonyl (C=O) groups excluding carboxylic acids is 1. The second kappa shape index (κ2) is 10.5. The number of benzene rings is 1. The molecule has 1 unspecified atom stereocenters.